The molecule has 0 amide bonds. The van der Waals surface area contributed by atoms with Crippen LogP contribution in [-0.4, -0.2) is 11.5 Å². The van der Waals surface area contributed by atoms with Crippen molar-refractivity contribution in [2.75, 3.05) is 0 Å². The molecule has 0 aliphatic carbocycles. The summed E-state index contributed by atoms with van der Waals surface area (Å²) in [5, 5.41) is 0.298. The van der Waals surface area contributed by atoms with Crippen LogP contribution in [0.2, 0.25) is 5.02 Å². The Morgan fingerprint density at radius 1 is 1.43 bits per heavy atom. The lowest BCUT2D eigenvalue weighted by atomic mass is 9.97. The zero-order valence-electron chi connectivity index (χ0n) is 8.40. The van der Waals surface area contributed by atoms with Crippen LogP contribution in [0.25, 0.3) is 0 Å². The van der Waals surface area contributed by atoms with Crippen LogP contribution in [-0.2, 0) is 0 Å². The van der Waals surface area contributed by atoms with Crippen LogP contribution in [0.15, 0.2) is 18.2 Å². The molecule has 0 saturated carbocycles. The molecule has 14 heavy (non-hydrogen) atoms. The van der Waals surface area contributed by atoms with E-state index >= 15 is 0 Å². The minimum atomic E-state index is -1.88. The second-order valence-electron chi connectivity index (χ2n) is 3.78. The molecule has 1 aromatic rings. The quantitative estimate of drug-likeness (QED) is 0.688. The first-order chi connectivity index (χ1) is 6.32. The lowest BCUT2D eigenvalue weighted by Crippen LogP contribution is -2.26. The fourth-order valence-electron chi connectivity index (χ4n) is 1.13. The van der Waals surface area contributed by atoms with Gasteiger partial charge in [-0.1, -0.05) is 23.2 Å². The molecule has 0 fully saturated rings. The van der Waals surface area contributed by atoms with Crippen LogP contribution >= 0.6 is 11.6 Å². The maximum absolute atomic E-state index is 13.4. The van der Waals surface area contributed by atoms with Gasteiger partial charge in [-0.15, -0.1) is 0 Å². The molecule has 0 N–H and O–H groups in total. The number of halogens is 2. The van der Waals surface area contributed by atoms with Gasteiger partial charge in [-0.2, -0.15) is 0 Å². The number of aryl methyl sites for hydroxylation is 1. The smallest absolute Gasteiger partial charge is 0.200 e. The van der Waals surface area contributed by atoms with Gasteiger partial charge in [0.1, 0.15) is 0 Å². The van der Waals surface area contributed by atoms with Crippen molar-refractivity contribution in [2.24, 2.45) is 0 Å². The number of hydrogen-bond acceptors (Lipinski definition) is 1. The van der Waals surface area contributed by atoms with Gasteiger partial charge in [0.25, 0.3) is 0 Å². The molecule has 1 aromatic carbocycles. The minimum absolute atomic E-state index is 0.249. The van der Waals surface area contributed by atoms with Gasteiger partial charge in [0.15, 0.2) is 5.67 Å². The van der Waals surface area contributed by atoms with E-state index < -0.39 is 11.5 Å². The molecule has 0 atom stereocenters. The van der Waals surface area contributed by atoms with Crippen molar-refractivity contribution in [3.8, 4) is 0 Å². The number of rotatable bonds is 2. The fourth-order valence-corrected chi connectivity index (χ4v) is 1.34. The number of ketones is 1. The Bertz CT molecular complexity index is 366. The molecule has 0 aromatic heterocycles. The number of Topliss-reactive ketones (excluding diaryl/α,β-unsaturated/α-hetero) is 1. The standard InChI is InChI=1S/C11H12ClFO/c1-7-4-5-9(12)8(6-7)10(14)11(2,3)13/h4-6H,1-3H3. The van der Waals surface area contributed by atoms with Crippen LogP contribution in [0.5, 0.6) is 0 Å². The van der Waals surface area contributed by atoms with Gasteiger partial charge in [0, 0.05) is 5.56 Å². The Morgan fingerprint density at radius 2 is 2.00 bits per heavy atom. The highest BCUT2D eigenvalue weighted by atomic mass is 35.5. The third-order valence-electron chi connectivity index (χ3n) is 1.91. The highest BCUT2D eigenvalue weighted by molar-refractivity contribution is 6.34. The molecule has 1 nitrogen and oxygen atoms in total. The summed E-state index contributed by atoms with van der Waals surface area (Å²) in [6.45, 7) is 4.29. The first kappa shape index (κ1) is 11.2. The average Bonchev–Trinajstić information content (AvgIpc) is 2.06. The topological polar surface area (TPSA) is 17.1 Å². The second-order valence-corrected chi connectivity index (χ2v) is 4.19. The largest absolute Gasteiger partial charge is 0.291 e. The van der Waals surface area contributed by atoms with Gasteiger partial charge in [0.2, 0.25) is 5.78 Å². The van der Waals surface area contributed by atoms with Gasteiger partial charge >= 0.3 is 0 Å². The molecule has 76 valence electrons. The zero-order chi connectivity index (χ0) is 10.9. The van der Waals surface area contributed by atoms with E-state index in [2.05, 4.69) is 0 Å². The minimum Gasteiger partial charge on any atom is -0.291 e. The van der Waals surface area contributed by atoms with E-state index in [1.165, 1.54) is 13.8 Å². The first-order valence-corrected chi connectivity index (χ1v) is 4.70. The summed E-state index contributed by atoms with van der Waals surface area (Å²) in [6.07, 6.45) is 0. The number of carbonyl (C=O) groups is 1. The normalized spacial score (nSPS) is 11.5. The molecule has 0 aliphatic heterocycles. The maximum atomic E-state index is 13.4. The number of carbonyl (C=O) groups excluding carboxylic acids is 1. The molecular weight excluding hydrogens is 203 g/mol. The molecule has 0 unspecified atom stereocenters. The Hall–Kier alpha value is -0.890. The predicted octanol–water partition coefficient (Wildman–Crippen LogP) is 3.58. The van der Waals surface area contributed by atoms with E-state index in [-0.39, 0.29) is 5.56 Å². The first-order valence-electron chi connectivity index (χ1n) is 4.32. The number of alkyl halides is 1. The summed E-state index contributed by atoms with van der Waals surface area (Å²) in [6, 6.07) is 4.99. The van der Waals surface area contributed by atoms with Crippen LogP contribution in [0.3, 0.4) is 0 Å². The molecule has 0 saturated heterocycles. The predicted molar refractivity (Wildman–Crippen MR) is 55.7 cm³/mol. The molecule has 0 aliphatic rings. The maximum Gasteiger partial charge on any atom is 0.200 e. The van der Waals surface area contributed by atoms with E-state index in [1.807, 2.05) is 6.92 Å². The van der Waals surface area contributed by atoms with Crippen molar-refractivity contribution in [3.63, 3.8) is 0 Å². The van der Waals surface area contributed by atoms with Crippen molar-refractivity contribution in [1.82, 2.24) is 0 Å². The zero-order valence-corrected chi connectivity index (χ0v) is 9.15. The Morgan fingerprint density at radius 3 is 2.50 bits per heavy atom. The highest BCUT2D eigenvalue weighted by Crippen LogP contribution is 2.24. The summed E-state index contributed by atoms with van der Waals surface area (Å²) < 4.78 is 13.4. The Balaban J connectivity index is 3.19. The third kappa shape index (κ3) is 2.32. The summed E-state index contributed by atoms with van der Waals surface area (Å²) >= 11 is 5.81. The van der Waals surface area contributed by atoms with Crippen molar-refractivity contribution in [3.05, 3.63) is 34.3 Å². The lowest BCUT2D eigenvalue weighted by molar-refractivity contribution is 0.0760. The van der Waals surface area contributed by atoms with Crippen LogP contribution in [0, 0.1) is 6.92 Å². The molecule has 0 spiro atoms. The fraction of sp³-hybridized carbons (Fsp3) is 0.364. The lowest BCUT2D eigenvalue weighted by Gasteiger charge is -2.13. The van der Waals surface area contributed by atoms with Gasteiger partial charge in [-0.25, -0.2) is 4.39 Å². The van der Waals surface area contributed by atoms with Crippen LogP contribution in [0.4, 0.5) is 4.39 Å². The number of benzene rings is 1. The molecule has 0 radical (unpaired) electrons. The van der Waals surface area contributed by atoms with E-state index in [0.717, 1.165) is 5.56 Å². The molecular formula is C11H12ClFO. The third-order valence-corrected chi connectivity index (χ3v) is 2.24. The van der Waals surface area contributed by atoms with E-state index in [1.54, 1.807) is 18.2 Å². The monoisotopic (exact) mass is 214 g/mol. The summed E-state index contributed by atoms with van der Waals surface area (Å²) in [7, 11) is 0. The van der Waals surface area contributed by atoms with Crippen molar-refractivity contribution >= 4 is 17.4 Å². The Kier molecular flexibility index (Phi) is 2.95. The van der Waals surface area contributed by atoms with Gasteiger partial charge < -0.3 is 0 Å². The molecule has 0 heterocycles. The molecule has 3 heteroatoms. The van der Waals surface area contributed by atoms with Gasteiger partial charge in [0.05, 0.1) is 5.02 Å². The van der Waals surface area contributed by atoms with Crippen molar-refractivity contribution in [2.45, 2.75) is 26.4 Å². The van der Waals surface area contributed by atoms with Crippen LogP contribution in [0.1, 0.15) is 29.8 Å². The SMILES string of the molecule is Cc1ccc(Cl)c(C(=O)C(C)(C)F)c1. The van der Waals surface area contributed by atoms with E-state index in [9.17, 15) is 9.18 Å². The highest BCUT2D eigenvalue weighted by Gasteiger charge is 2.29. The second kappa shape index (κ2) is 3.70. The Labute approximate surface area is 87.9 Å². The van der Waals surface area contributed by atoms with Gasteiger partial charge in [-0.05, 0) is 32.9 Å². The summed E-state index contributed by atoms with van der Waals surface area (Å²) in [5.74, 6) is -0.578. The van der Waals surface area contributed by atoms with E-state index in [4.69, 9.17) is 11.6 Å². The number of hydrogen-bond donors (Lipinski definition) is 0. The summed E-state index contributed by atoms with van der Waals surface area (Å²) in [4.78, 5) is 11.6. The summed E-state index contributed by atoms with van der Waals surface area (Å²) in [5.41, 5.74) is -0.738. The van der Waals surface area contributed by atoms with Gasteiger partial charge in [-0.3, -0.25) is 4.79 Å². The molecule has 1 rings (SSSR count). The molecule has 0 bridgehead atoms. The van der Waals surface area contributed by atoms with E-state index in [0.29, 0.717) is 5.02 Å². The van der Waals surface area contributed by atoms with Crippen LogP contribution < -0.4 is 0 Å². The van der Waals surface area contributed by atoms with Crippen molar-refractivity contribution < 1.29 is 9.18 Å². The average molecular weight is 215 g/mol. The van der Waals surface area contributed by atoms with Crippen molar-refractivity contribution in [1.29, 1.82) is 0 Å².